The Morgan fingerprint density at radius 1 is 0.906 bits per heavy atom. The Morgan fingerprint density at radius 3 is 2.28 bits per heavy atom. The highest BCUT2D eigenvalue weighted by atomic mass is 16.5. The van der Waals surface area contributed by atoms with E-state index in [9.17, 15) is 4.79 Å². The summed E-state index contributed by atoms with van der Waals surface area (Å²) in [6.07, 6.45) is 1.93. The van der Waals surface area contributed by atoms with Crippen LogP contribution in [-0.4, -0.2) is 38.1 Å². The van der Waals surface area contributed by atoms with Gasteiger partial charge < -0.3 is 14.4 Å². The van der Waals surface area contributed by atoms with Crippen LogP contribution in [0.4, 0.5) is 0 Å². The molecule has 1 heterocycles. The lowest BCUT2D eigenvalue weighted by Crippen LogP contribution is -2.38. The minimum absolute atomic E-state index is 0.0215. The normalized spacial score (nSPS) is 14.3. The van der Waals surface area contributed by atoms with Gasteiger partial charge in [0.05, 0.1) is 19.8 Å². The zero-order chi connectivity index (χ0) is 22.7. The zero-order valence-corrected chi connectivity index (χ0v) is 19.4. The van der Waals surface area contributed by atoms with Crippen molar-refractivity contribution < 1.29 is 14.3 Å². The van der Waals surface area contributed by atoms with Gasteiger partial charge in [-0.15, -0.1) is 0 Å². The lowest BCUT2D eigenvalue weighted by molar-refractivity contribution is 0.0709. The van der Waals surface area contributed by atoms with Crippen LogP contribution >= 0.6 is 0 Å². The SMILES string of the molecule is COc1ccc(C(=O)N2CCC(c3ccc(-c4cccc(C)c4C)cc3)CC2)c(OC)c1. The first kappa shape index (κ1) is 21.9. The fourth-order valence-electron chi connectivity index (χ4n) is 4.56. The first-order valence-corrected chi connectivity index (χ1v) is 11.2. The molecule has 0 radical (unpaired) electrons. The molecule has 0 atom stereocenters. The monoisotopic (exact) mass is 429 g/mol. The van der Waals surface area contributed by atoms with Gasteiger partial charge in [0, 0.05) is 19.2 Å². The second-order valence-corrected chi connectivity index (χ2v) is 8.50. The fraction of sp³-hybridized carbons (Fsp3) is 0.321. The Bertz CT molecular complexity index is 1100. The number of ether oxygens (including phenoxy) is 2. The van der Waals surface area contributed by atoms with E-state index in [4.69, 9.17) is 9.47 Å². The van der Waals surface area contributed by atoms with Crippen molar-refractivity contribution in [2.24, 2.45) is 0 Å². The number of carbonyl (C=O) groups is 1. The van der Waals surface area contributed by atoms with E-state index in [2.05, 4.69) is 56.3 Å². The molecule has 1 aliphatic heterocycles. The minimum Gasteiger partial charge on any atom is -0.497 e. The summed E-state index contributed by atoms with van der Waals surface area (Å²) in [5, 5.41) is 0. The molecule has 4 nitrogen and oxygen atoms in total. The first-order chi connectivity index (χ1) is 15.5. The summed E-state index contributed by atoms with van der Waals surface area (Å²) in [5.74, 6) is 1.73. The average Bonchev–Trinajstić information content (AvgIpc) is 2.85. The van der Waals surface area contributed by atoms with Crippen molar-refractivity contribution in [1.82, 2.24) is 4.90 Å². The predicted octanol–water partition coefficient (Wildman–Crippen LogP) is 6.01. The topological polar surface area (TPSA) is 38.8 Å². The first-order valence-electron chi connectivity index (χ1n) is 11.2. The lowest BCUT2D eigenvalue weighted by atomic mass is 9.87. The van der Waals surface area contributed by atoms with E-state index in [1.807, 2.05) is 4.90 Å². The van der Waals surface area contributed by atoms with Crippen LogP contribution in [0.15, 0.2) is 60.7 Å². The van der Waals surface area contributed by atoms with Crippen LogP contribution in [0.2, 0.25) is 0 Å². The molecule has 1 aliphatic rings. The molecule has 32 heavy (non-hydrogen) atoms. The number of nitrogens with zero attached hydrogens (tertiary/aromatic N) is 1. The van der Waals surface area contributed by atoms with Gasteiger partial charge in [-0.25, -0.2) is 0 Å². The standard InChI is InChI=1S/C28H31NO3/c1-19-6-5-7-25(20(19)2)23-10-8-21(9-11-23)22-14-16-29(17-15-22)28(30)26-13-12-24(31-3)18-27(26)32-4/h5-13,18,22H,14-17H2,1-4H3. The highest BCUT2D eigenvalue weighted by Gasteiger charge is 2.26. The summed E-state index contributed by atoms with van der Waals surface area (Å²) in [6.45, 7) is 5.84. The van der Waals surface area contributed by atoms with Gasteiger partial charge in [-0.05, 0) is 72.6 Å². The van der Waals surface area contributed by atoms with Gasteiger partial charge in [0.1, 0.15) is 11.5 Å². The molecular weight excluding hydrogens is 398 g/mol. The number of amides is 1. The number of hydrogen-bond acceptors (Lipinski definition) is 3. The highest BCUT2D eigenvalue weighted by molar-refractivity contribution is 5.97. The third-order valence-corrected chi connectivity index (χ3v) is 6.72. The molecule has 0 aliphatic carbocycles. The van der Waals surface area contributed by atoms with Crippen LogP contribution in [0.25, 0.3) is 11.1 Å². The van der Waals surface area contributed by atoms with Crippen LogP contribution in [0.5, 0.6) is 11.5 Å². The van der Waals surface area contributed by atoms with E-state index in [-0.39, 0.29) is 5.91 Å². The Balaban J connectivity index is 1.43. The van der Waals surface area contributed by atoms with Crippen LogP contribution < -0.4 is 9.47 Å². The van der Waals surface area contributed by atoms with Crippen molar-refractivity contribution in [1.29, 1.82) is 0 Å². The molecular formula is C28H31NO3. The smallest absolute Gasteiger partial charge is 0.257 e. The van der Waals surface area contributed by atoms with Gasteiger partial charge >= 0.3 is 0 Å². The third-order valence-electron chi connectivity index (χ3n) is 6.72. The molecule has 0 spiro atoms. The van der Waals surface area contributed by atoms with Crippen LogP contribution in [0, 0.1) is 13.8 Å². The maximum absolute atomic E-state index is 13.1. The fourth-order valence-corrected chi connectivity index (χ4v) is 4.56. The van der Waals surface area contributed by atoms with Crippen molar-refractivity contribution in [3.63, 3.8) is 0 Å². The van der Waals surface area contributed by atoms with Gasteiger partial charge in [-0.2, -0.15) is 0 Å². The Kier molecular flexibility index (Phi) is 6.50. The average molecular weight is 430 g/mol. The summed E-state index contributed by atoms with van der Waals surface area (Å²) in [4.78, 5) is 15.0. The Labute approximate surface area is 190 Å². The number of hydrogen-bond donors (Lipinski definition) is 0. The van der Waals surface area contributed by atoms with Crippen molar-refractivity contribution in [2.75, 3.05) is 27.3 Å². The van der Waals surface area contributed by atoms with Gasteiger partial charge in [-0.1, -0.05) is 42.5 Å². The predicted molar refractivity (Wildman–Crippen MR) is 129 cm³/mol. The molecule has 0 N–H and O–H groups in total. The maximum atomic E-state index is 13.1. The van der Waals surface area contributed by atoms with Crippen molar-refractivity contribution in [3.05, 3.63) is 82.9 Å². The van der Waals surface area contributed by atoms with E-state index in [0.29, 0.717) is 23.0 Å². The molecule has 0 bridgehead atoms. The second-order valence-electron chi connectivity index (χ2n) is 8.50. The molecule has 3 aromatic carbocycles. The highest BCUT2D eigenvalue weighted by Crippen LogP contribution is 2.33. The van der Waals surface area contributed by atoms with Gasteiger partial charge in [0.15, 0.2) is 0 Å². The molecule has 0 unspecified atom stereocenters. The molecule has 1 fully saturated rings. The minimum atomic E-state index is 0.0215. The number of rotatable bonds is 5. The molecule has 3 aromatic rings. The molecule has 0 saturated carbocycles. The van der Waals surface area contributed by atoms with Crippen LogP contribution in [-0.2, 0) is 0 Å². The number of piperidine rings is 1. The molecule has 4 rings (SSSR count). The number of benzene rings is 3. The lowest BCUT2D eigenvalue weighted by Gasteiger charge is -2.32. The number of likely N-dealkylation sites (tertiary alicyclic amines) is 1. The van der Waals surface area contributed by atoms with Crippen LogP contribution in [0.3, 0.4) is 0 Å². The number of methoxy groups -OCH3 is 2. The molecule has 1 amide bonds. The number of carbonyl (C=O) groups excluding carboxylic acids is 1. The van der Waals surface area contributed by atoms with E-state index < -0.39 is 0 Å². The van der Waals surface area contributed by atoms with Crippen LogP contribution in [0.1, 0.15) is 45.8 Å². The maximum Gasteiger partial charge on any atom is 0.257 e. The summed E-state index contributed by atoms with van der Waals surface area (Å²) in [7, 11) is 3.19. The summed E-state index contributed by atoms with van der Waals surface area (Å²) in [5.41, 5.74) is 7.15. The summed E-state index contributed by atoms with van der Waals surface area (Å²) >= 11 is 0. The number of aryl methyl sites for hydroxylation is 1. The molecule has 1 saturated heterocycles. The zero-order valence-electron chi connectivity index (χ0n) is 19.4. The van der Waals surface area contributed by atoms with E-state index in [1.165, 1.54) is 27.8 Å². The quantitative estimate of drug-likeness (QED) is 0.499. The van der Waals surface area contributed by atoms with E-state index >= 15 is 0 Å². The summed E-state index contributed by atoms with van der Waals surface area (Å²) < 4.78 is 10.7. The van der Waals surface area contributed by atoms with E-state index in [0.717, 1.165) is 25.9 Å². The molecule has 4 heteroatoms. The van der Waals surface area contributed by atoms with E-state index in [1.54, 1.807) is 32.4 Å². The van der Waals surface area contributed by atoms with Crippen molar-refractivity contribution >= 4 is 5.91 Å². The Morgan fingerprint density at radius 2 is 1.62 bits per heavy atom. The summed E-state index contributed by atoms with van der Waals surface area (Å²) in [6, 6.07) is 20.8. The third kappa shape index (κ3) is 4.36. The Hall–Kier alpha value is -3.27. The molecule has 0 aromatic heterocycles. The van der Waals surface area contributed by atoms with Crippen molar-refractivity contribution in [2.45, 2.75) is 32.6 Å². The van der Waals surface area contributed by atoms with Crippen molar-refractivity contribution in [3.8, 4) is 22.6 Å². The van der Waals surface area contributed by atoms with Gasteiger partial charge in [0.25, 0.3) is 5.91 Å². The van der Waals surface area contributed by atoms with Gasteiger partial charge in [0.2, 0.25) is 0 Å². The molecule has 166 valence electrons. The largest absolute Gasteiger partial charge is 0.497 e. The van der Waals surface area contributed by atoms with Gasteiger partial charge in [-0.3, -0.25) is 4.79 Å². The second kappa shape index (κ2) is 9.47.